The molecule has 1 atom stereocenters. The molecule has 1 amide bonds. The Morgan fingerprint density at radius 3 is 2.88 bits per heavy atom. The van der Waals surface area contributed by atoms with E-state index in [1.165, 1.54) is 10.7 Å². The van der Waals surface area contributed by atoms with E-state index < -0.39 is 5.97 Å². The topological polar surface area (TPSA) is 87.8 Å². The van der Waals surface area contributed by atoms with E-state index in [-0.39, 0.29) is 17.5 Å². The van der Waals surface area contributed by atoms with Crippen LogP contribution >= 0.6 is 11.6 Å². The van der Waals surface area contributed by atoms with Crippen molar-refractivity contribution in [1.82, 2.24) is 19.5 Å². The third kappa shape index (κ3) is 2.70. The summed E-state index contributed by atoms with van der Waals surface area (Å²) in [5.74, 6) is -1.14. The fourth-order valence-corrected chi connectivity index (χ4v) is 3.49. The van der Waals surface area contributed by atoms with Crippen molar-refractivity contribution in [2.45, 2.75) is 19.4 Å². The number of halogens is 1. The zero-order valence-corrected chi connectivity index (χ0v) is 14.6. The lowest BCUT2D eigenvalue weighted by molar-refractivity contribution is 0.0663. The van der Waals surface area contributed by atoms with Crippen molar-refractivity contribution in [1.29, 1.82) is 0 Å². The molecule has 1 aliphatic heterocycles. The van der Waals surface area contributed by atoms with Crippen molar-refractivity contribution >= 4 is 29.1 Å². The maximum Gasteiger partial charge on any atom is 0.335 e. The molecule has 4 rings (SSSR count). The van der Waals surface area contributed by atoms with Gasteiger partial charge in [-0.25, -0.2) is 14.3 Å². The lowest BCUT2D eigenvalue weighted by Crippen LogP contribution is -2.39. The highest BCUT2D eigenvalue weighted by atomic mass is 35.5. The van der Waals surface area contributed by atoms with Crippen LogP contribution in [0.1, 0.15) is 44.9 Å². The van der Waals surface area contributed by atoms with E-state index in [4.69, 9.17) is 16.7 Å². The molecule has 1 unspecified atom stereocenters. The minimum absolute atomic E-state index is 0.171. The number of hydrogen-bond donors (Lipinski definition) is 1. The van der Waals surface area contributed by atoms with Gasteiger partial charge in [0.05, 0.1) is 22.8 Å². The smallest absolute Gasteiger partial charge is 0.335 e. The van der Waals surface area contributed by atoms with Gasteiger partial charge in [-0.3, -0.25) is 4.79 Å². The van der Waals surface area contributed by atoms with Crippen molar-refractivity contribution in [2.75, 3.05) is 6.54 Å². The van der Waals surface area contributed by atoms with Gasteiger partial charge in [-0.2, -0.15) is 5.10 Å². The summed E-state index contributed by atoms with van der Waals surface area (Å²) in [5.41, 5.74) is 3.04. The quantitative estimate of drug-likeness (QED) is 0.749. The van der Waals surface area contributed by atoms with Crippen LogP contribution in [0.4, 0.5) is 0 Å². The van der Waals surface area contributed by atoms with E-state index in [0.717, 1.165) is 11.1 Å². The standard InChI is InChI=1S/C18H15ClN4O3/c1-10-14-3-2-12(18(25)26)6-11(14)4-5-22(10)17(24)15-7-16-20-8-13(19)9-23(16)21-15/h2-3,6-10H,4-5H2,1H3,(H,25,26). The van der Waals surface area contributed by atoms with E-state index in [1.807, 2.05) is 6.92 Å². The third-order valence-electron chi connectivity index (χ3n) is 4.69. The van der Waals surface area contributed by atoms with E-state index in [0.29, 0.717) is 29.3 Å². The molecule has 8 heteroatoms. The fraction of sp³-hybridized carbons (Fsp3) is 0.222. The van der Waals surface area contributed by atoms with Crippen molar-refractivity contribution in [2.24, 2.45) is 0 Å². The van der Waals surface area contributed by atoms with Gasteiger partial charge in [0.1, 0.15) is 0 Å². The molecular formula is C18H15ClN4O3. The maximum atomic E-state index is 12.9. The van der Waals surface area contributed by atoms with Crippen molar-refractivity contribution in [3.63, 3.8) is 0 Å². The largest absolute Gasteiger partial charge is 0.478 e. The first-order chi connectivity index (χ1) is 12.4. The molecule has 0 radical (unpaired) electrons. The van der Waals surface area contributed by atoms with Gasteiger partial charge in [0.15, 0.2) is 11.3 Å². The Balaban J connectivity index is 1.65. The van der Waals surface area contributed by atoms with Gasteiger partial charge in [-0.15, -0.1) is 0 Å². The predicted octanol–water partition coefficient (Wildman–Crippen LogP) is 2.84. The molecule has 2 aromatic heterocycles. The fourth-order valence-electron chi connectivity index (χ4n) is 3.35. The van der Waals surface area contributed by atoms with Gasteiger partial charge in [0.2, 0.25) is 0 Å². The average molecular weight is 371 g/mol. The molecule has 3 heterocycles. The number of amides is 1. The first-order valence-corrected chi connectivity index (χ1v) is 8.50. The number of hydrogen-bond acceptors (Lipinski definition) is 4. The lowest BCUT2D eigenvalue weighted by Gasteiger charge is -2.35. The predicted molar refractivity (Wildman–Crippen MR) is 94.6 cm³/mol. The van der Waals surface area contributed by atoms with E-state index in [2.05, 4.69) is 10.1 Å². The molecule has 26 heavy (non-hydrogen) atoms. The summed E-state index contributed by atoms with van der Waals surface area (Å²) >= 11 is 5.91. The molecule has 1 aromatic carbocycles. The maximum absolute atomic E-state index is 12.9. The molecule has 0 saturated heterocycles. The SMILES string of the molecule is CC1c2ccc(C(=O)O)cc2CCN1C(=O)c1cc2ncc(Cl)cn2n1. The number of carbonyl (C=O) groups is 2. The molecule has 0 fully saturated rings. The number of benzene rings is 1. The van der Waals surface area contributed by atoms with Crippen LogP contribution in [0.2, 0.25) is 5.02 Å². The van der Waals surface area contributed by atoms with Crippen molar-refractivity contribution in [3.05, 3.63) is 64.1 Å². The van der Waals surface area contributed by atoms with Crippen LogP contribution in [0.25, 0.3) is 5.65 Å². The number of carboxylic acid groups (broad SMARTS) is 1. The van der Waals surface area contributed by atoms with Crippen LogP contribution in [0.3, 0.4) is 0 Å². The molecule has 0 saturated carbocycles. The number of fused-ring (bicyclic) bond motifs is 2. The van der Waals surface area contributed by atoms with Gasteiger partial charge in [-0.05, 0) is 36.6 Å². The number of carboxylic acids is 1. The van der Waals surface area contributed by atoms with Crippen LogP contribution in [0, 0.1) is 0 Å². The van der Waals surface area contributed by atoms with Gasteiger partial charge in [0.25, 0.3) is 5.91 Å². The molecule has 7 nitrogen and oxygen atoms in total. The highest BCUT2D eigenvalue weighted by Gasteiger charge is 2.30. The van der Waals surface area contributed by atoms with E-state index in [1.54, 1.807) is 35.4 Å². The monoisotopic (exact) mass is 370 g/mol. The van der Waals surface area contributed by atoms with Crippen LogP contribution < -0.4 is 0 Å². The summed E-state index contributed by atoms with van der Waals surface area (Å²) in [5, 5.41) is 13.9. The van der Waals surface area contributed by atoms with Crippen molar-refractivity contribution in [3.8, 4) is 0 Å². The Hall–Kier alpha value is -2.93. The minimum atomic E-state index is -0.949. The number of carbonyl (C=O) groups excluding carboxylic acids is 1. The molecule has 1 N–H and O–H groups in total. The molecule has 0 bridgehead atoms. The Kier molecular flexibility index (Phi) is 3.88. The Labute approximate surface area is 153 Å². The highest BCUT2D eigenvalue weighted by molar-refractivity contribution is 6.30. The number of aromatic nitrogens is 3. The zero-order valence-electron chi connectivity index (χ0n) is 13.9. The summed E-state index contributed by atoms with van der Waals surface area (Å²) in [7, 11) is 0. The summed E-state index contributed by atoms with van der Waals surface area (Å²) in [4.78, 5) is 30.0. The first kappa shape index (κ1) is 16.5. The normalized spacial score (nSPS) is 16.5. The second kappa shape index (κ2) is 6.10. The van der Waals surface area contributed by atoms with E-state index >= 15 is 0 Å². The Bertz CT molecular complexity index is 1050. The lowest BCUT2D eigenvalue weighted by atomic mass is 9.91. The molecular weight excluding hydrogens is 356 g/mol. The van der Waals surface area contributed by atoms with Gasteiger partial charge in [-0.1, -0.05) is 17.7 Å². The first-order valence-electron chi connectivity index (χ1n) is 8.12. The van der Waals surface area contributed by atoms with Crippen LogP contribution in [0.15, 0.2) is 36.7 Å². The van der Waals surface area contributed by atoms with Crippen molar-refractivity contribution < 1.29 is 14.7 Å². The zero-order chi connectivity index (χ0) is 18.4. The van der Waals surface area contributed by atoms with E-state index in [9.17, 15) is 9.59 Å². The number of nitrogens with zero attached hydrogens (tertiary/aromatic N) is 4. The van der Waals surface area contributed by atoms with Gasteiger partial charge < -0.3 is 10.0 Å². The van der Waals surface area contributed by atoms with Gasteiger partial charge in [0, 0.05) is 18.8 Å². The van der Waals surface area contributed by atoms with Crippen LogP contribution in [0.5, 0.6) is 0 Å². The molecule has 1 aliphatic rings. The second-order valence-electron chi connectivity index (χ2n) is 6.25. The van der Waals surface area contributed by atoms with Crippen LogP contribution in [-0.4, -0.2) is 43.0 Å². The Morgan fingerprint density at radius 1 is 1.31 bits per heavy atom. The number of rotatable bonds is 2. The second-order valence-corrected chi connectivity index (χ2v) is 6.68. The number of aromatic carboxylic acids is 1. The van der Waals surface area contributed by atoms with Gasteiger partial charge >= 0.3 is 5.97 Å². The summed E-state index contributed by atoms with van der Waals surface area (Å²) < 4.78 is 1.48. The summed E-state index contributed by atoms with van der Waals surface area (Å²) in [6.07, 6.45) is 3.71. The summed E-state index contributed by atoms with van der Waals surface area (Å²) in [6.45, 7) is 2.43. The molecule has 0 aliphatic carbocycles. The average Bonchev–Trinajstić information content (AvgIpc) is 3.04. The van der Waals surface area contributed by atoms with Crippen LogP contribution in [-0.2, 0) is 6.42 Å². The molecule has 132 valence electrons. The highest BCUT2D eigenvalue weighted by Crippen LogP contribution is 2.31. The third-order valence-corrected chi connectivity index (χ3v) is 4.89. The molecule has 0 spiro atoms. The minimum Gasteiger partial charge on any atom is -0.478 e. The Morgan fingerprint density at radius 2 is 2.12 bits per heavy atom. The summed E-state index contributed by atoms with van der Waals surface area (Å²) in [6, 6.07) is 6.51. The molecule has 3 aromatic rings.